The highest BCUT2D eigenvalue weighted by Gasteiger charge is 2.23. The molecule has 4 rings (SSSR count). The molecule has 3 aromatic carbocycles. The quantitative estimate of drug-likeness (QED) is 0.391. The molecule has 0 radical (unpaired) electrons. The predicted octanol–water partition coefficient (Wildman–Crippen LogP) is 3.93. The number of amides is 3. The van der Waals surface area contributed by atoms with Crippen LogP contribution in [0.2, 0.25) is 0 Å². The Labute approximate surface area is 234 Å². The number of piperazine rings is 1. The maximum Gasteiger partial charge on any atom is 0.254 e. The third-order valence-electron chi connectivity index (χ3n) is 6.73. The smallest absolute Gasteiger partial charge is 0.254 e. The number of carbonyl (C=O) groups excluding carboxylic acids is 3. The third kappa shape index (κ3) is 6.99. The average molecular weight is 543 g/mol. The lowest BCUT2D eigenvalue weighted by Crippen LogP contribution is -2.48. The largest absolute Gasteiger partial charge is 0.497 e. The van der Waals surface area contributed by atoms with Gasteiger partial charge in [-0.25, -0.2) is 0 Å². The van der Waals surface area contributed by atoms with Crippen molar-refractivity contribution >= 4 is 29.1 Å². The third-order valence-corrected chi connectivity index (χ3v) is 6.73. The zero-order chi connectivity index (χ0) is 28.5. The molecule has 40 heavy (non-hydrogen) atoms. The highest BCUT2D eigenvalue weighted by molar-refractivity contribution is 5.99. The molecular weight excluding hydrogens is 508 g/mol. The van der Waals surface area contributed by atoms with E-state index < -0.39 is 0 Å². The monoisotopic (exact) mass is 542 g/mol. The number of nitrogens with one attached hydrogen (secondary N) is 1. The first-order valence-corrected chi connectivity index (χ1v) is 13.0. The predicted molar refractivity (Wildman–Crippen MR) is 155 cm³/mol. The summed E-state index contributed by atoms with van der Waals surface area (Å²) in [6, 6.07) is 21.5. The topological polar surface area (TPSA) is 91.4 Å². The van der Waals surface area contributed by atoms with Crippen molar-refractivity contribution in [1.29, 1.82) is 0 Å². The molecule has 1 fully saturated rings. The van der Waals surface area contributed by atoms with E-state index in [0.717, 1.165) is 11.4 Å². The lowest BCUT2D eigenvalue weighted by molar-refractivity contribution is -0.116. The van der Waals surface area contributed by atoms with Crippen LogP contribution in [0.3, 0.4) is 0 Å². The summed E-state index contributed by atoms with van der Waals surface area (Å²) in [6.45, 7) is 6.48. The van der Waals surface area contributed by atoms with E-state index in [1.54, 1.807) is 68.8 Å². The molecule has 3 aromatic rings. The van der Waals surface area contributed by atoms with Gasteiger partial charge in [-0.3, -0.25) is 14.4 Å². The van der Waals surface area contributed by atoms with Crippen LogP contribution in [0.15, 0.2) is 85.5 Å². The van der Waals surface area contributed by atoms with Crippen LogP contribution in [0, 0.1) is 0 Å². The summed E-state index contributed by atoms with van der Waals surface area (Å²) in [4.78, 5) is 44.0. The fourth-order valence-electron chi connectivity index (χ4n) is 4.50. The molecule has 0 spiro atoms. The summed E-state index contributed by atoms with van der Waals surface area (Å²) in [5.41, 5.74) is 2.76. The maximum absolute atomic E-state index is 12.9. The molecule has 0 atom stereocenters. The number of nitrogens with zero attached hydrogens (tertiary/aromatic N) is 3. The van der Waals surface area contributed by atoms with E-state index >= 15 is 0 Å². The van der Waals surface area contributed by atoms with E-state index in [1.807, 2.05) is 29.2 Å². The molecule has 1 heterocycles. The standard InChI is InChI=1S/C31H34N4O5/c1-4-17-35(31(38)24-7-15-28(40-3)16-8-24)22-29(36)32-25-9-11-26(12-10-25)33-18-20-34(21-19-33)30(37)23-5-13-27(39-2)14-6-23/h4-16H,1,17-22H2,2-3H3,(H,32,36). The highest BCUT2D eigenvalue weighted by Crippen LogP contribution is 2.21. The molecule has 1 N–H and O–H groups in total. The number of methoxy groups -OCH3 is 2. The van der Waals surface area contributed by atoms with Gasteiger partial charge in [-0.1, -0.05) is 6.08 Å². The molecule has 9 nitrogen and oxygen atoms in total. The van der Waals surface area contributed by atoms with E-state index in [0.29, 0.717) is 48.7 Å². The first kappa shape index (κ1) is 28.2. The Kier molecular flexibility index (Phi) is 9.40. The summed E-state index contributed by atoms with van der Waals surface area (Å²) in [5, 5.41) is 2.87. The van der Waals surface area contributed by atoms with E-state index in [4.69, 9.17) is 9.47 Å². The lowest BCUT2D eigenvalue weighted by Gasteiger charge is -2.36. The molecule has 1 aliphatic rings. The molecule has 3 amide bonds. The van der Waals surface area contributed by atoms with Gasteiger partial charge in [-0.2, -0.15) is 0 Å². The Morgan fingerprint density at radius 1 is 0.825 bits per heavy atom. The van der Waals surface area contributed by atoms with Crippen molar-refractivity contribution in [1.82, 2.24) is 9.80 Å². The van der Waals surface area contributed by atoms with Crippen LogP contribution in [0.1, 0.15) is 20.7 Å². The molecule has 9 heteroatoms. The zero-order valence-electron chi connectivity index (χ0n) is 22.8. The minimum absolute atomic E-state index is 0.0105. The number of carbonyl (C=O) groups is 3. The van der Waals surface area contributed by atoms with Gasteiger partial charge < -0.3 is 29.5 Å². The molecule has 0 aliphatic carbocycles. The molecule has 1 aliphatic heterocycles. The Bertz CT molecular complexity index is 1320. The molecule has 0 aromatic heterocycles. The van der Waals surface area contributed by atoms with Gasteiger partial charge in [0.2, 0.25) is 5.91 Å². The van der Waals surface area contributed by atoms with Crippen LogP contribution >= 0.6 is 0 Å². The molecule has 208 valence electrons. The number of hydrogen-bond donors (Lipinski definition) is 1. The summed E-state index contributed by atoms with van der Waals surface area (Å²) in [6.07, 6.45) is 1.59. The average Bonchev–Trinajstić information content (AvgIpc) is 3.00. The summed E-state index contributed by atoms with van der Waals surface area (Å²) >= 11 is 0. The van der Waals surface area contributed by atoms with Crippen LogP contribution < -0.4 is 19.7 Å². The summed E-state index contributed by atoms with van der Waals surface area (Å²) in [7, 11) is 3.16. The van der Waals surface area contributed by atoms with Gasteiger partial charge in [0.1, 0.15) is 18.0 Å². The van der Waals surface area contributed by atoms with Crippen molar-refractivity contribution in [2.24, 2.45) is 0 Å². The zero-order valence-corrected chi connectivity index (χ0v) is 22.8. The van der Waals surface area contributed by atoms with Crippen LogP contribution in [0.4, 0.5) is 11.4 Å². The van der Waals surface area contributed by atoms with Crippen LogP contribution in [0.25, 0.3) is 0 Å². The van der Waals surface area contributed by atoms with E-state index in [-0.39, 0.29) is 30.8 Å². The number of anilines is 2. The maximum atomic E-state index is 12.9. The highest BCUT2D eigenvalue weighted by atomic mass is 16.5. The molecule has 1 saturated heterocycles. The first-order valence-electron chi connectivity index (χ1n) is 13.0. The Hall–Kier alpha value is -4.79. The normalized spacial score (nSPS) is 12.8. The second kappa shape index (κ2) is 13.3. The van der Waals surface area contributed by atoms with Gasteiger partial charge in [0.25, 0.3) is 11.8 Å². The van der Waals surface area contributed by atoms with Crippen molar-refractivity contribution in [3.63, 3.8) is 0 Å². The Balaban J connectivity index is 1.29. The van der Waals surface area contributed by atoms with Gasteiger partial charge in [-0.05, 0) is 72.8 Å². The van der Waals surface area contributed by atoms with Crippen molar-refractivity contribution < 1.29 is 23.9 Å². The van der Waals surface area contributed by atoms with Crippen molar-refractivity contribution in [3.8, 4) is 11.5 Å². The Morgan fingerprint density at radius 2 is 1.38 bits per heavy atom. The van der Waals surface area contributed by atoms with Gasteiger partial charge in [-0.15, -0.1) is 6.58 Å². The van der Waals surface area contributed by atoms with Crippen LogP contribution in [-0.2, 0) is 4.79 Å². The van der Waals surface area contributed by atoms with Gasteiger partial charge >= 0.3 is 0 Å². The van der Waals surface area contributed by atoms with Crippen molar-refractivity contribution in [2.45, 2.75) is 0 Å². The number of rotatable bonds is 10. The summed E-state index contributed by atoms with van der Waals surface area (Å²) < 4.78 is 10.3. The molecule has 0 unspecified atom stereocenters. The number of benzene rings is 3. The van der Waals surface area contributed by atoms with E-state index in [9.17, 15) is 14.4 Å². The molecule has 0 bridgehead atoms. The summed E-state index contributed by atoms with van der Waals surface area (Å²) in [5.74, 6) is 0.810. The number of ether oxygens (including phenoxy) is 2. The first-order chi connectivity index (χ1) is 19.4. The fraction of sp³-hybridized carbons (Fsp3) is 0.258. The molecule has 0 saturated carbocycles. The fourth-order valence-corrected chi connectivity index (χ4v) is 4.50. The van der Waals surface area contributed by atoms with E-state index in [1.165, 1.54) is 4.90 Å². The van der Waals surface area contributed by atoms with Crippen molar-refractivity contribution in [2.75, 3.05) is 63.7 Å². The minimum atomic E-state index is -0.304. The SMILES string of the molecule is C=CCN(CC(=O)Nc1ccc(N2CCN(C(=O)c3ccc(OC)cc3)CC2)cc1)C(=O)c1ccc(OC)cc1. The Morgan fingerprint density at radius 3 is 1.90 bits per heavy atom. The van der Waals surface area contributed by atoms with Gasteiger partial charge in [0.15, 0.2) is 0 Å². The van der Waals surface area contributed by atoms with E-state index in [2.05, 4.69) is 16.8 Å². The second-order valence-corrected chi connectivity index (χ2v) is 9.31. The molecular formula is C31H34N4O5. The second-order valence-electron chi connectivity index (χ2n) is 9.31. The van der Waals surface area contributed by atoms with Crippen LogP contribution in [0.5, 0.6) is 11.5 Å². The lowest BCUT2D eigenvalue weighted by atomic mass is 10.1. The minimum Gasteiger partial charge on any atom is -0.497 e. The van der Waals surface area contributed by atoms with Gasteiger partial charge in [0, 0.05) is 55.2 Å². The number of hydrogen-bond acceptors (Lipinski definition) is 6. The van der Waals surface area contributed by atoms with Crippen molar-refractivity contribution in [3.05, 3.63) is 96.6 Å². The van der Waals surface area contributed by atoms with Crippen LogP contribution in [-0.4, -0.2) is 81.0 Å². The van der Waals surface area contributed by atoms with Gasteiger partial charge in [0.05, 0.1) is 14.2 Å².